The van der Waals surface area contributed by atoms with Gasteiger partial charge in [0, 0.05) is 5.56 Å². The van der Waals surface area contributed by atoms with Crippen LogP contribution < -0.4 is 0 Å². The third kappa shape index (κ3) is 2.09. The van der Waals surface area contributed by atoms with Crippen molar-refractivity contribution in [3.05, 3.63) is 35.6 Å². The molecule has 0 spiro atoms. The van der Waals surface area contributed by atoms with Crippen molar-refractivity contribution in [1.29, 1.82) is 0 Å². The van der Waals surface area contributed by atoms with Gasteiger partial charge in [-0.1, -0.05) is 12.1 Å². The van der Waals surface area contributed by atoms with Gasteiger partial charge in [-0.2, -0.15) is 0 Å². The first-order valence-electron chi connectivity index (χ1n) is 4.42. The van der Waals surface area contributed by atoms with Crippen LogP contribution >= 0.6 is 0 Å². The Morgan fingerprint density at radius 3 is 2.64 bits per heavy atom. The fraction of sp³-hybridized carbons (Fsp3) is 0.400. The lowest BCUT2D eigenvalue weighted by atomic mass is 10.2. The van der Waals surface area contributed by atoms with Gasteiger partial charge in [-0.25, -0.2) is 4.39 Å². The van der Waals surface area contributed by atoms with Gasteiger partial charge in [-0.05, 0) is 12.1 Å². The first kappa shape index (κ1) is 9.58. The zero-order valence-corrected chi connectivity index (χ0v) is 7.52. The highest BCUT2D eigenvalue weighted by Crippen LogP contribution is 2.23. The van der Waals surface area contributed by atoms with Crippen molar-refractivity contribution in [3.8, 4) is 0 Å². The van der Waals surface area contributed by atoms with E-state index in [1.54, 1.807) is 12.1 Å². The lowest BCUT2D eigenvalue weighted by Crippen LogP contribution is -2.30. The summed E-state index contributed by atoms with van der Waals surface area (Å²) in [5, 5.41) is 9.10. The van der Waals surface area contributed by atoms with Gasteiger partial charge in [0.2, 0.25) is 0 Å². The van der Waals surface area contributed by atoms with Gasteiger partial charge in [0.15, 0.2) is 6.29 Å². The van der Waals surface area contributed by atoms with Crippen LogP contribution in [0.2, 0.25) is 0 Å². The van der Waals surface area contributed by atoms with Crippen LogP contribution in [0.25, 0.3) is 0 Å². The molecule has 14 heavy (non-hydrogen) atoms. The summed E-state index contributed by atoms with van der Waals surface area (Å²) < 4.78 is 23.2. The molecule has 1 aliphatic rings. The molecule has 1 aromatic carbocycles. The zero-order chi connectivity index (χ0) is 9.97. The second-order valence-corrected chi connectivity index (χ2v) is 3.21. The summed E-state index contributed by atoms with van der Waals surface area (Å²) in [6, 6.07) is 6.05. The summed E-state index contributed by atoms with van der Waals surface area (Å²) in [6.07, 6.45) is -1.14. The highest BCUT2D eigenvalue weighted by molar-refractivity contribution is 5.17. The molecule has 0 unspecified atom stereocenters. The van der Waals surface area contributed by atoms with E-state index in [1.807, 2.05) is 0 Å². The van der Waals surface area contributed by atoms with Crippen LogP contribution in [0.1, 0.15) is 11.9 Å². The molecule has 1 saturated heterocycles. The Kier molecular flexibility index (Phi) is 2.77. The second kappa shape index (κ2) is 4.04. The monoisotopic (exact) mass is 198 g/mol. The molecule has 1 fully saturated rings. The van der Waals surface area contributed by atoms with Gasteiger partial charge in [0.25, 0.3) is 0 Å². The minimum Gasteiger partial charge on any atom is -0.388 e. The van der Waals surface area contributed by atoms with Crippen molar-refractivity contribution >= 4 is 0 Å². The molecule has 4 heteroatoms. The largest absolute Gasteiger partial charge is 0.388 e. The van der Waals surface area contributed by atoms with Crippen molar-refractivity contribution < 1.29 is 19.0 Å². The van der Waals surface area contributed by atoms with Crippen LogP contribution in [0.15, 0.2) is 24.3 Å². The molecular weight excluding hydrogens is 187 g/mol. The Morgan fingerprint density at radius 2 is 2.00 bits per heavy atom. The number of aliphatic hydroxyl groups is 1. The number of hydrogen-bond acceptors (Lipinski definition) is 3. The molecule has 0 atom stereocenters. The van der Waals surface area contributed by atoms with Gasteiger partial charge in [-0.3, -0.25) is 0 Å². The summed E-state index contributed by atoms with van der Waals surface area (Å²) in [6.45, 7) is 0.447. The molecule has 0 amide bonds. The quantitative estimate of drug-likeness (QED) is 0.737. The molecule has 0 radical (unpaired) electrons. The smallest absolute Gasteiger partial charge is 0.184 e. The Labute approximate surface area is 81.1 Å². The van der Waals surface area contributed by atoms with E-state index in [2.05, 4.69) is 0 Å². The topological polar surface area (TPSA) is 38.7 Å². The predicted molar refractivity (Wildman–Crippen MR) is 47.1 cm³/mol. The summed E-state index contributed by atoms with van der Waals surface area (Å²) in [4.78, 5) is 0. The summed E-state index contributed by atoms with van der Waals surface area (Å²) in [5.74, 6) is -0.319. The highest BCUT2D eigenvalue weighted by atomic mass is 19.1. The van der Waals surface area contributed by atoms with Gasteiger partial charge < -0.3 is 14.6 Å². The molecule has 3 nitrogen and oxygen atoms in total. The molecule has 76 valence electrons. The number of ether oxygens (including phenoxy) is 2. The first-order valence-corrected chi connectivity index (χ1v) is 4.42. The van der Waals surface area contributed by atoms with Crippen LogP contribution in [-0.2, 0) is 9.47 Å². The van der Waals surface area contributed by atoms with E-state index in [0.29, 0.717) is 5.56 Å². The van der Waals surface area contributed by atoms with E-state index < -0.39 is 12.4 Å². The average Bonchev–Trinajstić information content (AvgIpc) is 2.19. The maximum atomic E-state index is 12.8. The van der Waals surface area contributed by atoms with Gasteiger partial charge in [-0.15, -0.1) is 0 Å². The second-order valence-electron chi connectivity index (χ2n) is 3.21. The molecule has 1 heterocycles. The maximum Gasteiger partial charge on any atom is 0.184 e. The van der Waals surface area contributed by atoms with Crippen molar-refractivity contribution in [2.24, 2.45) is 0 Å². The lowest BCUT2D eigenvalue weighted by Gasteiger charge is -2.26. The number of benzene rings is 1. The van der Waals surface area contributed by atoms with Crippen molar-refractivity contribution in [2.75, 3.05) is 13.2 Å². The predicted octanol–water partition coefficient (Wildman–Crippen LogP) is 1.23. The van der Waals surface area contributed by atoms with E-state index in [4.69, 9.17) is 14.6 Å². The molecule has 1 aliphatic heterocycles. The molecular formula is C10H11FO3. The van der Waals surface area contributed by atoms with Gasteiger partial charge in [0.1, 0.15) is 11.9 Å². The van der Waals surface area contributed by atoms with Crippen LogP contribution in [0.4, 0.5) is 4.39 Å². The molecule has 1 aromatic rings. The molecule has 2 rings (SSSR count). The summed E-state index contributed by atoms with van der Waals surface area (Å²) >= 11 is 0. The van der Waals surface area contributed by atoms with E-state index in [0.717, 1.165) is 0 Å². The maximum absolute atomic E-state index is 12.8. The van der Waals surface area contributed by atoms with Crippen LogP contribution in [0, 0.1) is 5.82 Å². The summed E-state index contributed by atoms with van der Waals surface area (Å²) in [7, 11) is 0. The fourth-order valence-corrected chi connectivity index (χ4v) is 1.34. The number of halogens is 1. The van der Waals surface area contributed by atoms with E-state index >= 15 is 0 Å². The Morgan fingerprint density at radius 1 is 1.29 bits per heavy atom. The van der Waals surface area contributed by atoms with Crippen LogP contribution in [0.5, 0.6) is 0 Å². The van der Waals surface area contributed by atoms with Crippen molar-refractivity contribution in [2.45, 2.75) is 12.4 Å². The SMILES string of the molecule is OC1COC(c2cccc(F)c2)OC1. The van der Waals surface area contributed by atoms with Gasteiger partial charge in [0.05, 0.1) is 13.2 Å². The average molecular weight is 198 g/mol. The molecule has 0 aromatic heterocycles. The van der Waals surface area contributed by atoms with Crippen molar-refractivity contribution in [1.82, 2.24) is 0 Å². The van der Waals surface area contributed by atoms with Crippen LogP contribution in [-0.4, -0.2) is 24.4 Å². The Balaban J connectivity index is 2.08. The Bertz CT molecular complexity index is 308. The Hall–Kier alpha value is -0.970. The highest BCUT2D eigenvalue weighted by Gasteiger charge is 2.21. The normalized spacial score (nSPS) is 27.6. The van der Waals surface area contributed by atoms with Crippen LogP contribution in [0.3, 0.4) is 0 Å². The van der Waals surface area contributed by atoms with E-state index in [-0.39, 0.29) is 19.0 Å². The fourth-order valence-electron chi connectivity index (χ4n) is 1.34. The lowest BCUT2D eigenvalue weighted by molar-refractivity contribution is -0.220. The molecule has 0 aliphatic carbocycles. The standard InChI is InChI=1S/C10H11FO3/c11-8-3-1-2-7(4-8)10-13-5-9(12)6-14-10/h1-4,9-10,12H,5-6H2. The minimum absolute atomic E-state index is 0.223. The third-order valence-electron chi connectivity index (χ3n) is 2.00. The van der Waals surface area contributed by atoms with E-state index in [9.17, 15) is 4.39 Å². The molecule has 0 saturated carbocycles. The number of hydrogen-bond donors (Lipinski definition) is 1. The molecule has 0 bridgehead atoms. The zero-order valence-electron chi connectivity index (χ0n) is 7.52. The third-order valence-corrected chi connectivity index (χ3v) is 2.00. The van der Waals surface area contributed by atoms with Crippen molar-refractivity contribution in [3.63, 3.8) is 0 Å². The number of aliphatic hydroxyl groups excluding tert-OH is 1. The number of rotatable bonds is 1. The summed E-state index contributed by atoms with van der Waals surface area (Å²) in [5.41, 5.74) is 0.636. The first-order chi connectivity index (χ1) is 6.75. The molecule has 1 N–H and O–H groups in total. The minimum atomic E-state index is -0.584. The van der Waals surface area contributed by atoms with E-state index in [1.165, 1.54) is 12.1 Å². The van der Waals surface area contributed by atoms with Gasteiger partial charge >= 0.3 is 0 Å².